The maximum absolute atomic E-state index is 12.4. The molecule has 3 N–H and O–H groups in total. The van der Waals surface area contributed by atoms with E-state index in [0.29, 0.717) is 5.69 Å². The summed E-state index contributed by atoms with van der Waals surface area (Å²) < 4.78 is 0.819. The molecule has 0 spiro atoms. The fraction of sp³-hybridized carbons (Fsp3) is 0.429. The Labute approximate surface area is 131 Å². The average Bonchev–Trinajstić information content (AvgIpc) is 2.41. The van der Waals surface area contributed by atoms with Crippen molar-refractivity contribution in [2.75, 3.05) is 11.9 Å². The predicted octanol–water partition coefficient (Wildman–Crippen LogP) is 2.46. The summed E-state index contributed by atoms with van der Waals surface area (Å²) in [5.41, 5.74) is -0.169. The second-order valence-electron chi connectivity index (χ2n) is 5.17. The zero-order valence-electron chi connectivity index (χ0n) is 11.2. The van der Waals surface area contributed by atoms with Crippen LogP contribution in [0.25, 0.3) is 0 Å². The van der Waals surface area contributed by atoms with Crippen LogP contribution in [-0.2, 0) is 4.79 Å². The first-order valence-corrected chi connectivity index (χ1v) is 7.59. The quantitative estimate of drug-likeness (QED) is 0.696. The molecule has 1 heterocycles. The van der Waals surface area contributed by atoms with E-state index in [4.69, 9.17) is 0 Å². The molecule has 5 nitrogen and oxygen atoms in total. The minimum Gasteiger partial charge on any atom is -0.478 e. The zero-order chi connectivity index (χ0) is 14.8. The van der Waals surface area contributed by atoms with E-state index in [-0.39, 0.29) is 11.5 Å². The molecule has 1 aliphatic rings. The molecule has 1 aromatic carbocycles. The standard InChI is InChI=1S/C14H17IN2O3/c1-14(6-2-3-7-16-14)13(20)17-11-5-4-9(15)8-10(11)12(18)19/h4-5,8,16H,2-3,6-7H2,1H3,(H,17,20)(H,18,19). The van der Waals surface area contributed by atoms with E-state index < -0.39 is 11.5 Å². The summed E-state index contributed by atoms with van der Waals surface area (Å²) in [5.74, 6) is -1.22. The van der Waals surface area contributed by atoms with Crippen LogP contribution in [0, 0.1) is 3.57 Å². The third-order valence-electron chi connectivity index (χ3n) is 3.58. The molecule has 1 fully saturated rings. The normalized spacial score (nSPS) is 22.3. The van der Waals surface area contributed by atoms with Gasteiger partial charge in [-0.05, 0) is 73.5 Å². The Morgan fingerprint density at radius 2 is 2.15 bits per heavy atom. The Morgan fingerprint density at radius 1 is 1.40 bits per heavy atom. The van der Waals surface area contributed by atoms with Crippen LogP contribution in [0.5, 0.6) is 0 Å². The molecular weight excluding hydrogens is 371 g/mol. The number of aromatic carboxylic acids is 1. The molecule has 1 atom stereocenters. The topological polar surface area (TPSA) is 78.4 Å². The lowest BCUT2D eigenvalue weighted by Crippen LogP contribution is -2.54. The van der Waals surface area contributed by atoms with Crippen molar-refractivity contribution in [3.05, 3.63) is 27.3 Å². The first kappa shape index (κ1) is 15.2. The highest BCUT2D eigenvalue weighted by atomic mass is 127. The minimum absolute atomic E-state index is 0.115. The zero-order valence-corrected chi connectivity index (χ0v) is 13.4. The first-order valence-electron chi connectivity index (χ1n) is 6.52. The Kier molecular flexibility index (Phi) is 4.64. The lowest BCUT2D eigenvalue weighted by Gasteiger charge is -2.33. The smallest absolute Gasteiger partial charge is 0.337 e. The third kappa shape index (κ3) is 3.29. The van der Waals surface area contributed by atoms with E-state index in [1.165, 1.54) is 0 Å². The summed E-state index contributed by atoms with van der Waals surface area (Å²) in [5, 5.41) is 15.2. The largest absolute Gasteiger partial charge is 0.478 e. The predicted molar refractivity (Wildman–Crippen MR) is 85.0 cm³/mol. The number of amides is 1. The molecule has 1 aliphatic heterocycles. The van der Waals surface area contributed by atoms with Crippen LogP contribution >= 0.6 is 22.6 Å². The number of carbonyl (C=O) groups excluding carboxylic acids is 1. The van der Waals surface area contributed by atoms with E-state index in [2.05, 4.69) is 10.6 Å². The molecule has 0 bridgehead atoms. The number of halogens is 1. The number of anilines is 1. The van der Waals surface area contributed by atoms with Gasteiger partial charge in [0.2, 0.25) is 5.91 Å². The van der Waals surface area contributed by atoms with Gasteiger partial charge in [-0.2, -0.15) is 0 Å². The van der Waals surface area contributed by atoms with Crippen molar-refractivity contribution in [2.24, 2.45) is 0 Å². The van der Waals surface area contributed by atoms with Crippen LogP contribution in [0.2, 0.25) is 0 Å². The lowest BCUT2D eigenvalue weighted by atomic mass is 9.90. The van der Waals surface area contributed by atoms with Gasteiger partial charge in [0.05, 0.1) is 16.8 Å². The van der Waals surface area contributed by atoms with Crippen LogP contribution < -0.4 is 10.6 Å². The number of nitrogens with one attached hydrogen (secondary N) is 2. The van der Waals surface area contributed by atoms with E-state index in [0.717, 1.165) is 29.4 Å². The highest BCUT2D eigenvalue weighted by molar-refractivity contribution is 14.1. The van der Waals surface area contributed by atoms with E-state index >= 15 is 0 Å². The van der Waals surface area contributed by atoms with Crippen molar-refractivity contribution in [3.63, 3.8) is 0 Å². The Balaban J connectivity index is 2.21. The molecule has 1 unspecified atom stereocenters. The molecule has 6 heteroatoms. The summed E-state index contributed by atoms with van der Waals surface area (Å²) in [4.78, 5) is 23.6. The van der Waals surface area contributed by atoms with Crippen molar-refractivity contribution >= 4 is 40.2 Å². The maximum atomic E-state index is 12.4. The van der Waals surface area contributed by atoms with E-state index in [1.807, 2.05) is 29.5 Å². The van der Waals surface area contributed by atoms with E-state index in [1.54, 1.807) is 18.2 Å². The molecule has 1 aromatic rings. The van der Waals surface area contributed by atoms with Gasteiger partial charge in [0.1, 0.15) is 0 Å². The molecule has 108 valence electrons. The Hall–Kier alpha value is -1.15. The molecule has 20 heavy (non-hydrogen) atoms. The minimum atomic E-state index is -1.04. The van der Waals surface area contributed by atoms with Crippen molar-refractivity contribution in [1.29, 1.82) is 0 Å². The van der Waals surface area contributed by atoms with Gasteiger partial charge >= 0.3 is 5.97 Å². The van der Waals surface area contributed by atoms with Gasteiger partial charge in [-0.25, -0.2) is 4.79 Å². The fourth-order valence-electron chi connectivity index (χ4n) is 2.31. The number of rotatable bonds is 3. The second-order valence-corrected chi connectivity index (χ2v) is 6.41. The number of piperidine rings is 1. The van der Waals surface area contributed by atoms with Gasteiger partial charge < -0.3 is 15.7 Å². The monoisotopic (exact) mass is 388 g/mol. The summed E-state index contributed by atoms with van der Waals surface area (Å²) in [7, 11) is 0. The van der Waals surface area contributed by atoms with Crippen molar-refractivity contribution in [2.45, 2.75) is 31.7 Å². The first-order chi connectivity index (χ1) is 9.42. The molecule has 1 saturated heterocycles. The van der Waals surface area contributed by atoms with Gasteiger partial charge in [0, 0.05) is 3.57 Å². The molecule has 0 aromatic heterocycles. The van der Waals surface area contributed by atoms with Crippen LogP contribution in [0.15, 0.2) is 18.2 Å². The highest BCUT2D eigenvalue weighted by Gasteiger charge is 2.34. The van der Waals surface area contributed by atoms with Gasteiger partial charge in [-0.1, -0.05) is 0 Å². The fourth-order valence-corrected chi connectivity index (χ4v) is 2.80. The van der Waals surface area contributed by atoms with Crippen molar-refractivity contribution < 1.29 is 14.7 Å². The van der Waals surface area contributed by atoms with Gasteiger partial charge in [0.15, 0.2) is 0 Å². The van der Waals surface area contributed by atoms with Crippen LogP contribution in [0.3, 0.4) is 0 Å². The Bertz CT molecular complexity index is 539. The van der Waals surface area contributed by atoms with Gasteiger partial charge in [-0.3, -0.25) is 4.79 Å². The molecule has 0 saturated carbocycles. The lowest BCUT2D eigenvalue weighted by molar-refractivity contribution is -0.122. The number of carbonyl (C=O) groups is 2. The maximum Gasteiger partial charge on any atom is 0.337 e. The molecule has 1 amide bonds. The number of carboxylic acid groups (broad SMARTS) is 1. The summed E-state index contributed by atoms with van der Waals surface area (Å²) in [6.45, 7) is 2.66. The summed E-state index contributed by atoms with van der Waals surface area (Å²) in [6, 6.07) is 4.96. The molecule has 2 rings (SSSR count). The molecule has 0 radical (unpaired) electrons. The van der Waals surface area contributed by atoms with Crippen molar-refractivity contribution in [1.82, 2.24) is 5.32 Å². The molecule has 0 aliphatic carbocycles. The highest BCUT2D eigenvalue weighted by Crippen LogP contribution is 2.24. The van der Waals surface area contributed by atoms with Gasteiger partial charge in [0.25, 0.3) is 0 Å². The molecular formula is C14H17IN2O3. The number of carboxylic acids is 1. The average molecular weight is 388 g/mol. The number of benzene rings is 1. The van der Waals surface area contributed by atoms with Crippen LogP contribution in [0.1, 0.15) is 36.5 Å². The van der Waals surface area contributed by atoms with Crippen LogP contribution in [-0.4, -0.2) is 29.1 Å². The van der Waals surface area contributed by atoms with Crippen molar-refractivity contribution in [3.8, 4) is 0 Å². The number of hydrogen-bond acceptors (Lipinski definition) is 3. The van der Waals surface area contributed by atoms with E-state index in [9.17, 15) is 14.7 Å². The second kappa shape index (κ2) is 6.09. The third-order valence-corrected chi connectivity index (χ3v) is 4.25. The summed E-state index contributed by atoms with van der Waals surface area (Å²) >= 11 is 2.05. The van der Waals surface area contributed by atoms with Crippen LogP contribution in [0.4, 0.5) is 5.69 Å². The van der Waals surface area contributed by atoms with Gasteiger partial charge in [-0.15, -0.1) is 0 Å². The Morgan fingerprint density at radius 3 is 2.75 bits per heavy atom. The summed E-state index contributed by atoms with van der Waals surface area (Å²) in [6.07, 6.45) is 2.81. The number of hydrogen-bond donors (Lipinski definition) is 3. The SMILES string of the molecule is CC1(C(=O)Nc2ccc(I)cc2C(=O)O)CCCCN1.